The van der Waals surface area contributed by atoms with E-state index in [0.717, 1.165) is 19.5 Å². The Morgan fingerprint density at radius 1 is 1.50 bits per heavy atom. The van der Waals surface area contributed by atoms with Gasteiger partial charge in [0.15, 0.2) is 0 Å². The number of piperidine rings is 1. The first kappa shape index (κ1) is 11.7. The van der Waals surface area contributed by atoms with E-state index in [1.165, 1.54) is 12.8 Å². The Morgan fingerprint density at radius 3 is 3.00 bits per heavy atom. The summed E-state index contributed by atoms with van der Waals surface area (Å²) in [6.07, 6.45) is 3.45. The molecule has 92 valence electrons. The third-order valence-corrected chi connectivity index (χ3v) is 3.58. The second-order valence-electron chi connectivity index (χ2n) is 4.48. The Labute approximate surface area is 96.5 Å². The molecule has 0 spiro atoms. The molecular formula is C11H21N3O2. The number of amides is 1. The fraction of sp³-hybridized carbons (Fsp3) is 0.909. The molecule has 2 saturated heterocycles. The number of carbonyl (C=O) groups excluding carboxylic acids is 1. The van der Waals surface area contributed by atoms with Crippen molar-refractivity contribution in [2.24, 2.45) is 5.73 Å². The molecule has 0 aromatic rings. The minimum atomic E-state index is -0.194. The number of likely N-dealkylation sites (tertiary alicyclic amines) is 1. The lowest BCUT2D eigenvalue weighted by Crippen LogP contribution is -2.55. The zero-order valence-electron chi connectivity index (χ0n) is 9.89. The number of carbonyl (C=O) groups is 1. The van der Waals surface area contributed by atoms with Crippen LogP contribution in [0.1, 0.15) is 26.2 Å². The maximum atomic E-state index is 11.7. The van der Waals surface area contributed by atoms with Crippen LogP contribution in [0.4, 0.5) is 4.79 Å². The van der Waals surface area contributed by atoms with Crippen LogP contribution in [0, 0.1) is 0 Å². The van der Waals surface area contributed by atoms with E-state index in [1.807, 2.05) is 4.90 Å². The van der Waals surface area contributed by atoms with E-state index in [2.05, 4.69) is 11.8 Å². The molecule has 2 rings (SSSR count). The summed E-state index contributed by atoms with van der Waals surface area (Å²) < 4.78 is 5.10. The van der Waals surface area contributed by atoms with Crippen LogP contribution in [0.25, 0.3) is 0 Å². The smallest absolute Gasteiger partial charge is 0.411 e. The van der Waals surface area contributed by atoms with E-state index >= 15 is 0 Å². The fourth-order valence-corrected chi connectivity index (χ4v) is 2.68. The van der Waals surface area contributed by atoms with Gasteiger partial charge in [-0.1, -0.05) is 6.92 Å². The number of hydrogen-bond acceptors (Lipinski definition) is 4. The second-order valence-corrected chi connectivity index (χ2v) is 4.48. The molecule has 16 heavy (non-hydrogen) atoms. The Morgan fingerprint density at radius 2 is 2.31 bits per heavy atom. The summed E-state index contributed by atoms with van der Waals surface area (Å²) in [6, 6.07) is 0.0599. The van der Waals surface area contributed by atoms with Crippen molar-refractivity contribution in [3.05, 3.63) is 0 Å². The molecule has 0 saturated carbocycles. The van der Waals surface area contributed by atoms with Crippen LogP contribution >= 0.6 is 0 Å². The highest BCUT2D eigenvalue weighted by Crippen LogP contribution is 2.25. The van der Waals surface area contributed by atoms with E-state index in [-0.39, 0.29) is 18.3 Å². The molecule has 2 aliphatic heterocycles. The van der Waals surface area contributed by atoms with E-state index in [4.69, 9.17) is 10.5 Å². The molecule has 2 unspecified atom stereocenters. The standard InChI is InChI=1S/C11H21N3O2/c1-2-13-6-4-3-5-10(13)14-9(7-12)8-16-11(14)15/h9-10H,2-8,12H2,1H3. The van der Waals surface area contributed by atoms with Gasteiger partial charge in [-0.15, -0.1) is 0 Å². The highest BCUT2D eigenvalue weighted by atomic mass is 16.6. The van der Waals surface area contributed by atoms with Gasteiger partial charge in [0.1, 0.15) is 6.61 Å². The van der Waals surface area contributed by atoms with Crippen molar-refractivity contribution in [3.63, 3.8) is 0 Å². The van der Waals surface area contributed by atoms with E-state index in [0.29, 0.717) is 13.2 Å². The predicted molar refractivity (Wildman–Crippen MR) is 60.9 cm³/mol. The van der Waals surface area contributed by atoms with Gasteiger partial charge in [-0.3, -0.25) is 9.80 Å². The van der Waals surface area contributed by atoms with Crippen molar-refractivity contribution in [1.29, 1.82) is 0 Å². The highest BCUT2D eigenvalue weighted by Gasteiger charge is 2.40. The van der Waals surface area contributed by atoms with Gasteiger partial charge >= 0.3 is 6.09 Å². The first-order chi connectivity index (χ1) is 7.77. The second kappa shape index (κ2) is 5.01. The van der Waals surface area contributed by atoms with Crippen molar-refractivity contribution in [1.82, 2.24) is 9.80 Å². The van der Waals surface area contributed by atoms with Crippen LogP contribution in [-0.2, 0) is 4.74 Å². The van der Waals surface area contributed by atoms with Crippen LogP contribution in [0.15, 0.2) is 0 Å². The number of rotatable bonds is 3. The summed E-state index contributed by atoms with van der Waals surface area (Å²) in [4.78, 5) is 15.9. The first-order valence-electron chi connectivity index (χ1n) is 6.17. The lowest BCUT2D eigenvalue weighted by molar-refractivity contribution is 0.0311. The average Bonchev–Trinajstić information content (AvgIpc) is 2.70. The quantitative estimate of drug-likeness (QED) is 0.767. The Bertz CT molecular complexity index is 260. The number of nitrogens with two attached hydrogens (primary N) is 1. The molecular weight excluding hydrogens is 206 g/mol. The van der Waals surface area contributed by atoms with Gasteiger partial charge in [-0.2, -0.15) is 0 Å². The van der Waals surface area contributed by atoms with Crippen LogP contribution in [0.3, 0.4) is 0 Å². The number of nitrogens with zero attached hydrogens (tertiary/aromatic N) is 2. The Balaban J connectivity index is 2.10. The largest absolute Gasteiger partial charge is 0.447 e. The van der Waals surface area contributed by atoms with Crippen molar-refractivity contribution < 1.29 is 9.53 Å². The molecule has 2 N–H and O–H groups in total. The molecule has 0 radical (unpaired) electrons. The molecule has 0 aromatic heterocycles. The molecule has 0 aliphatic carbocycles. The van der Waals surface area contributed by atoms with E-state index < -0.39 is 0 Å². The van der Waals surface area contributed by atoms with Gasteiger partial charge in [0.2, 0.25) is 0 Å². The maximum Gasteiger partial charge on any atom is 0.411 e. The van der Waals surface area contributed by atoms with Gasteiger partial charge in [0.05, 0.1) is 12.2 Å². The molecule has 5 nitrogen and oxygen atoms in total. The summed E-state index contributed by atoms with van der Waals surface area (Å²) in [6.45, 7) is 5.12. The van der Waals surface area contributed by atoms with Crippen molar-refractivity contribution in [2.75, 3.05) is 26.2 Å². The molecule has 2 heterocycles. The van der Waals surface area contributed by atoms with Gasteiger partial charge in [0.25, 0.3) is 0 Å². The van der Waals surface area contributed by atoms with Gasteiger partial charge < -0.3 is 10.5 Å². The molecule has 5 heteroatoms. The monoisotopic (exact) mass is 227 g/mol. The molecule has 2 fully saturated rings. The zero-order chi connectivity index (χ0) is 11.5. The molecule has 1 amide bonds. The van der Waals surface area contributed by atoms with Gasteiger partial charge in [0, 0.05) is 13.1 Å². The summed E-state index contributed by atoms with van der Waals surface area (Å²) in [7, 11) is 0. The predicted octanol–water partition coefficient (Wildman–Crippen LogP) is 0.598. The fourth-order valence-electron chi connectivity index (χ4n) is 2.68. The number of ether oxygens (including phenoxy) is 1. The van der Waals surface area contributed by atoms with E-state index in [9.17, 15) is 4.79 Å². The third kappa shape index (κ3) is 2.01. The average molecular weight is 227 g/mol. The normalized spacial score (nSPS) is 31.9. The SMILES string of the molecule is CCN1CCCCC1N1C(=O)OCC1CN. The van der Waals surface area contributed by atoms with Crippen LogP contribution < -0.4 is 5.73 Å². The molecule has 2 atom stereocenters. The van der Waals surface area contributed by atoms with Crippen LogP contribution in [-0.4, -0.2) is 54.3 Å². The van der Waals surface area contributed by atoms with Crippen LogP contribution in [0.2, 0.25) is 0 Å². The topological polar surface area (TPSA) is 58.8 Å². The minimum absolute atomic E-state index is 0.0599. The molecule has 0 bridgehead atoms. The zero-order valence-corrected chi connectivity index (χ0v) is 9.89. The summed E-state index contributed by atoms with van der Waals surface area (Å²) in [5, 5.41) is 0. The molecule has 2 aliphatic rings. The minimum Gasteiger partial charge on any atom is -0.447 e. The summed E-state index contributed by atoms with van der Waals surface area (Å²) >= 11 is 0. The maximum absolute atomic E-state index is 11.7. The Hall–Kier alpha value is -0.810. The van der Waals surface area contributed by atoms with Crippen molar-refractivity contribution >= 4 is 6.09 Å². The van der Waals surface area contributed by atoms with E-state index in [1.54, 1.807) is 0 Å². The van der Waals surface area contributed by atoms with Crippen molar-refractivity contribution in [2.45, 2.75) is 38.4 Å². The Kier molecular flexibility index (Phi) is 3.66. The highest BCUT2D eigenvalue weighted by molar-refractivity contribution is 5.70. The first-order valence-corrected chi connectivity index (χ1v) is 6.17. The lowest BCUT2D eigenvalue weighted by atomic mass is 10.1. The third-order valence-electron chi connectivity index (χ3n) is 3.58. The lowest BCUT2D eigenvalue weighted by Gasteiger charge is -2.41. The van der Waals surface area contributed by atoms with Gasteiger partial charge in [-0.25, -0.2) is 4.79 Å². The van der Waals surface area contributed by atoms with Crippen LogP contribution in [0.5, 0.6) is 0 Å². The number of hydrogen-bond donors (Lipinski definition) is 1. The number of cyclic esters (lactones) is 1. The molecule has 0 aromatic carbocycles. The summed E-state index contributed by atoms with van der Waals surface area (Å²) in [5.74, 6) is 0. The van der Waals surface area contributed by atoms with Crippen molar-refractivity contribution in [3.8, 4) is 0 Å². The van der Waals surface area contributed by atoms with Gasteiger partial charge in [-0.05, 0) is 25.8 Å². The summed E-state index contributed by atoms with van der Waals surface area (Å²) in [5.41, 5.74) is 5.69.